The molecule has 0 aliphatic carbocycles. The van der Waals surface area contributed by atoms with Crippen LogP contribution in [0.5, 0.6) is 5.88 Å². The number of aliphatic hydroxyl groups is 1. The first-order chi connectivity index (χ1) is 12.0. The highest BCUT2D eigenvalue weighted by Gasteiger charge is 2.15. The zero-order valence-electron chi connectivity index (χ0n) is 15.2. The van der Waals surface area contributed by atoms with Gasteiger partial charge in [0.1, 0.15) is 0 Å². The smallest absolute Gasteiger partial charge is 0.328 e. The third-order valence-electron chi connectivity index (χ3n) is 4.45. The molecule has 144 valence electrons. The minimum Gasteiger partial charge on any atom is -0.493 e. The van der Waals surface area contributed by atoms with Gasteiger partial charge in [0.15, 0.2) is 0 Å². The molecule has 0 saturated carbocycles. The second-order valence-corrected chi connectivity index (χ2v) is 6.62. The molecule has 0 bridgehead atoms. The molecule has 0 radical (unpaired) electrons. The van der Waals surface area contributed by atoms with Gasteiger partial charge in [-0.15, -0.1) is 0 Å². The van der Waals surface area contributed by atoms with Gasteiger partial charge in [-0.2, -0.15) is 0 Å². The Morgan fingerprint density at radius 3 is 2.52 bits per heavy atom. The number of aliphatic carboxylic acids is 1. The molecule has 7 heteroatoms. The van der Waals surface area contributed by atoms with Crippen LogP contribution in [-0.4, -0.2) is 36.9 Å². The molecule has 4 N–H and O–H groups in total. The predicted molar refractivity (Wildman–Crippen MR) is 95.9 cm³/mol. The van der Waals surface area contributed by atoms with Crippen LogP contribution < -0.4 is 5.69 Å². The summed E-state index contributed by atoms with van der Waals surface area (Å²) in [4.78, 5) is 24.8. The number of nitrogens with one attached hydrogen (secondary N) is 1. The van der Waals surface area contributed by atoms with Crippen molar-refractivity contribution in [2.45, 2.75) is 90.2 Å². The molecule has 1 aromatic rings. The van der Waals surface area contributed by atoms with E-state index in [1.54, 1.807) is 0 Å². The van der Waals surface area contributed by atoms with Crippen LogP contribution in [-0.2, 0) is 17.8 Å². The summed E-state index contributed by atoms with van der Waals surface area (Å²) in [6.45, 7) is 2.61. The lowest BCUT2D eigenvalue weighted by Crippen LogP contribution is -2.20. The maximum absolute atomic E-state index is 11.9. The fraction of sp³-hybridized carbons (Fsp3) is 0.778. The van der Waals surface area contributed by atoms with E-state index in [-0.39, 0.29) is 18.0 Å². The van der Waals surface area contributed by atoms with Gasteiger partial charge in [0.05, 0.1) is 11.8 Å². The molecule has 0 fully saturated rings. The Morgan fingerprint density at radius 1 is 1.12 bits per heavy atom. The molecule has 0 amide bonds. The number of aromatic hydroxyl groups is 1. The SMILES string of the molecule is CCCCCC(O)CCc1c(O)[nH]c(=O)n1CCCCCCC(=O)O. The average Bonchev–Trinajstić information content (AvgIpc) is 2.82. The van der Waals surface area contributed by atoms with Crippen LogP contribution in [0.2, 0.25) is 0 Å². The Morgan fingerprint density at radius 2 is 1.84 bits per heavy atom. The van der Waals surface area contributed by atoms with Crippen molar-refractivity contribution in [1.82, 2.24) is 9.55 Å². The molecular formula is C18H32N2O5. The van der Waals surface area contributed by atoms with E-state index in [1.165, 1.54) is 4.57 Å². The van der Waals surface area contributed by atoms with E-state index in [2.05, 4.69) is 11.9 Å². The lowest BCUT2D eigenvalue weighted by Gasteiger charge is -2.12. The van der Waals surface area contributed by atoms with E-state index in [0.29, 0.717) is 31.5 Å². The van der Waals surface area contributed by atoms with Crippen LogP contribution in [0.15, 0.2) is 4.79 Å². The lowest BCUT2D eigenvalue weighted by molar-refractivity contribution is -0.137. The summed E-state index contributed by atoms with van der Waals surface area (Å²) < 4.78 is 1.53. The van der Waals surface area contributed by atoms with E-state index in [4.69, 9.17) is 5.11 Å². The van der Waals surface area contributed by atoms with Crippen LogP contribution in [0.4, 0.5) is 0 Å². The van der Waals surface area contributed by atoms with Gasteiger partial charge < -0.3 is 15.3 Å². The Labute approximate surface area is 148 Å². The van der Waals surface area contributed by atoms with E-state index >= 15 is 0 Å². The van der Waals surface area contributed by atoms with Gasteiger partial charge in [-0.25, -0.2) is 4.79 Å². The number of imidazole rings is 1. The second kappa shape index (κ2) is 11.7. The van der Waals surface area contributed by atoms with E-state index in [0.717, 1.165) is 44.9 Å². The summed E-state index contributed by atoms with van der Waals surface area (Å²) >= 11 is 0. The lowest BCUT2D eigenvalue weighted by atomic mass is 10.1. The van der Waals surface area contributed by atoms with Gasteiger partial charge >= 0.3 is 11.7 Å². The molecule has 0 aliphatic rings. The van der Waals surface area contributed by atoms with Gasteiger partial charge in [0.2, 0.25) is 5.88 Å². The highest BCUT2D eigenvalue weighted by molar-refractivity contribution is 5.66. The van der Waals surface area contributed by atoms with Crippen molar-refractivity contribution >= 4 is 5.97 Å². The van der Waals surface area contributed by atoms with E-state index < -0.39 is 12.1 Å². The molecule has 0 spiro atoms. The third-order valence-corrected chi connectivity index (χ3v) is 4.45. The number of carboxylic acid groups (broad SMARTS) is 1. The molecule has 25 heavy (non-hydrogen) atoms. The summed E-state index contributed by atoms with van der Waals surface area (Å²) in [5, 5.41) is 28.5. The van der Waals surface area contributed by atoms with Crippen LogP contribution in [0, 0.1) is 0 Å². The van der Waals surface area contributed by atoms with Gasteiger partial charge in [0, 0.05) is 13.0 Å². The number of hydrogen-bond acceptors (Lipinski definition) is 4. The number of hydrogen-bond donors (Lipinski definition) is 4. The van der Waals surface area contributed by atoms with Crippen molar-refractivity contribution < 1.29 is 20.1 Å². The summed E-state index contributed by atoms with van der Waals surface area (Å²) in [6, 6.07) is 0. The summed E-state index contributed by atoms with van der Waals surface area (Å²) in [5.74, 6) is -0.900. The fourth-order valence-corrected chi connectivity index (χ4v) is 2.96. The number of carbonyl (C=O) groups is 1. The van der Waals surface area contributed by atoms with Crippen molar-refractivity contribution in [2.75, 3.05) is 0 Å². The maximum atomic E-state index is 11.9. The number of rotatable bonds is 14. The van der Waals surface area contributed by atoms with Crippen LogP contribution in [0.3, 0.4) is 0 Å². The summed E-state index contributed by atoms with van der Waals surface area (Å²) in [7, 11) is 0. The molecule has 1 rings (SSSR count). The van der Waals surface area contributed by atoms with Crippen molar-refractivity contribution in [1.29, 1.82) is 0 Å². The van der Waals surface area contributed by atoms with Crippen LogP contribution in [0.25, 0.3) is 0 Å². The van der Waals surface area contributed by atoms with Crippen LogP contribution >= 0.6 is 0 Å². The highest BCUT2D eigenvalue weighted by atomic mass is 16.4. The largest absolute Gasteiger partial charge is 0.493 e. The predicted octanol–water partition coefficient (Wildman–Crippen LogP) is 2.79. The number of H-pyrrole nitrogens is 1. The zero-order valence-corrected chi connectivity index (χ0v) is 15.2. The number of unbranched alkanes of at least 4 members (excludes halogenated alkanes) is 5. The molecule has 0 saturated heterocycles. The number of aliphatic hydroxyl groups excluding tert-OH is 1. The van der Waals surface area contributed by atoms with Gasteiger partial charge in [-0.3, -0.25) is 14.3 Å². The molecule has 0 aromatic carbocycles. The van der Waals surface area contributed by atoms with Gasteiger partial charge in [-0.05, 0) is 32.1 Å². The third kappa shape index (κ3) is 8.25. The number of aromatic amines is 1. The molecule has 1 atom stereocenters. The first-order valence-corrected chi connectivity index (χ1v) is 9.36. The van der Waals surface area contributed by atoms with E-state index in [1.807, 2.05) is 0 Å². The highest BCUT2D eigenvalue weighted by Crippen LogP contribution is 2.17. The second-order valence-electron chi connectivity index (χ2n) is 6.62. The zero-order chi connectivity index (χ0) is 18.7. The van der Waals surface area contributed by atoms with E-state index in [9.17, 15) is 19.8 Å². The fourth-order valence-electron chi connectivity index (χ4n) is 2.96. The normalized spacial score (nSPS) is 12.4. The minimum atomic E-state index is -0.786. The number of aromatic nitrogens is 2. The van der Waals surface area contributed by atoms with Crippen molar-refractivity contribution in [3.05, 3.63) is 16.2 Å². The quantitative estimate of drug-likeness (QED) is 0.383. The molecule has 7 nitrogen and oxygen atoms in total. The monoisotopic (exact) mass is 356 g/mol. The minimum absolute atomic E-state index is 0.114. The summed E-state index contributed by atoms with van der Waals surface area (Å²) in [6.07, 6.45) is 7.70. The van der Waals surface area contributed by atoms with Gasteiger partial charge in [-0.1, -0.05) is 39.0 Å². The van der Waals surface area contributed by atoms with Crippen molar-refractivity contribution in [2.24, 2.45) is 0 Å². The van der Waals surface area contributed by atoms with Crippen molar-refractivity contribution in [3.63, 3.8) is 0 Å². The van der Waals surface area contributed by atoms with Crippen LogP contribution in [0.1, 0.15) is 76.8 Å². The molecular weight excluding hydrogens is 324 g/mol. The first kappa shape index (κ1) is 21.3. The molecule has 0 aliphatic heterocycles. The Bertz CT molecular complexity index is 564. The molecule has 1 unspecified atom stereocenters. The summed E-state index contributed by atoms with van der Waals surface area (Å²) in [5.41, 5.74) is 0.212. The molecule has 1 aromatic heterocycles. The van der Waals surface area contributed by atoms with Crippen molar-refractivity contribution in [3.8, 4) is 5.88 Å². The Hall–Kier alpha value is -1.76. The Balaban J connectivity index is 2.44. The number of nitrogens with zero attached hydrogens (tertiary/aromatic N) is 1. The number of carboxylic acids is 1. The van der Waals surface area contributed by atoms with Gasteiger partial charge in [0.25, 0.3) is 0 Å². The molecule has 1 heterocycles. The topological polar surface area (TPSA) is 116 Å². The average molecular weight is 356 g/mol. The maximum Gasteiger partial charge on any atom is 0.328 e. The Kier molecular flexibility index (Phi) is 9.99. The standard InChI is InChI=1S/C18H32N2O5/c1-2-3-6-9-14(21)11-12-15-17(24)19-18(25)20(15)13-8-5-4-7-10-16(22)23/h14,21,24H,2-13H2,1H3,(H,19,25)(H,22,23). The first-order valence-electron chi connectivity index (χ1n) is 9.36.